The maximum Gasteiger partial charge on any atom is 0.321 e. The summed E-state index contributed by atoms with van der Waals surface area (Å²) in [6.45, 7) is 6.10. The highest BCUT2D eigenvalue weighted by Gasteiger charge is 2.15. The van der Waals surface area contributed by atoms with E-state index in [-0.39, 0.29) is 11.9 Å². The topological polar surface area (TPSA) is 107 Å². The highest BCUT2D eigenvalue weighted by Crippen LogP contribution is 2.18. The molecule has 10 heteroatoms. The van der Waals surface area contributed by atoms with Gasteiger partial charge in [-0.25, -0.2) is 4.79 Å². The van der Waals surface area contributed by atoms with Crippen LogP contribution in [0.4, 0.5) is 10.5 Å². The summed E-state index contributed by atoms with van der Waals surface area (Å²) in [5, 5.41) is 9.85. The van der Waals surface area contributed by atoms with Gasteiger partial charge in [0.1, 0.15) is 0 Å². The van der Waals surface area contributed by atoms with E-state index in [9.17, 15) is 9.59 Å². The van der Waals surface area contributed by atoms with Crippen LogP contribution < -0.4 is 10.6 Å². The number of benzene rings is 2. The molecule has 1 aromatic heterocycles. The van der Waals surface area contributed by atoms with Crippen molar-refractivity contribution in [2.45, 2.75) is 6.42 Å². The monoisotopic (exact) mass is 491 g/mol. The van der Waals surface area contributed by atoms with Gasteiger partial charge >= 0.3 is 6.03 Å². The third-order valence-electron chi connectivity index (χ3n) is 6.21. The molecule has 3 amide bonds. The molecular weight excluding hydrogens is 458 g/mol. The van der Waals surface area contributed by atoms with Gasteiger partial charge in [0.15, 0.2) is 5.82 Å². The summed E-state index contributed by atoms with van der Waals surface area (Å²) < 4.78 is 5.39. The van der Waals surface area contributed by atoms with Crippen LogP contribution in [0, 0.1) is 0 Å². The first-order valence-corrected chi connectivity index (χ1v) is 12.2. The van der Waals surface area contributed by atoms with Crippen LogP contribution in [-0.4, -0.2) is 96.7 Å². The Labute approximate surface area is 211 Å². The molecule has 0 aliphatic carbocycles. The van der Waals surface area contributed by atoms with Crippen molar-refractivity contribution in [2.75, 3.05) is 65.2 Å². The van der Waals surface area contributed by atoms with Crippen molar-refractivity contribution in [2.24, 2.45) is 0 Å². The average Bonchev–Trinajstić information content (AvgIpc) is 3.38. The minimum absolute atomic E-state index is 0.0984. The van der Waals surface area contributed by atoms with E-state index in [1.54, 1.807) is 36.2 Å². The molecule has 0 spiro atoms. The van der Waals surface area contributed by atoms with Gasteiger partial charge in [-0.2, -0.15) is 4.98 Å². The summed E-state index contributed by atoms with van der Waals surface area (Å²) in [6, 6.07) is 16.2. The van der Waals surface area contributed by atoms with E-state index in [1.807, 2.05) is 30.3 Å². The zero-order valence-corrected chi connectivity index (χ0v) is 20.8. The first-order chi connectivity index (χ1) is 17.5. The number of rotatable bonds is 9. The Morgan fingerprint density at radius 2 is 1.75 bits per heavy atom. The van der Waals surface area contributed by atoms with Crippen LogP contribution in [0.15, 0.2) is 59.1 Å². The summed E-state index contributed by atoms with van der Waals surface area (Å²) in [4.78, 5) is 35.5. The summed E-state index contributed by atoms with van der Waals surface area (Å²) in [5.41, 5.74) is 2.06. The van der Waals surface area contributed by atoms with Crippen molar-refractivity contribution < 1.29 is 14.1 Å². The fourth-order valence-electron chi connectivity index (χ4n) is 3.85. The Hall–Kier alpha value is -3.76. The SMILES string of the molecule is CN1CCN(CCNC(=O)c2ccc(-c3nc(CCN(C)C(=O)Nc4ccccc4)no3)cc2)CC1. The van der Waals surface area contributed by atoms with Gasteiger partial charge in [0.25, 0.3) is 11.8 Å². The van der Waals surface area contributed by atoms with Crippen LogP contribution in [0.2, 0.25) is 0 Å². The highest BCUT2D eigenvalue weighted by atomic mass is 16.5. The van der Waals surface area contributed by atoms with Crippen molar-refractivity contribution in [1.82, 2.24) is 30.2 Å². The van der Waals surface area contributed by atoms with Crippen LogP contribution in [0.5, 0.6) is 0 Å². The molecule has 36 heavy (non-hydrogen) atoms. The number of hydrogen-bond acceptors (Lipinski definition) is 7. The third-order valence-corrected chi connectivity index (χ3v) is 6.21. The third kappa shape index (κ3) is 7.12. The fourth-order valence-corrected chi connectivity index (χ4v) is 3.85. The standard InChI is InChI=1S/C26H33N7O3/c1-31-16-18-33(19-17-31)15-13-27-24(34)20-8-10-21(11-9-20)25-29-23(30-36-25)12-14-32(2)26(35)28-22-6-4-3-5-7-22/h3-11H,12-19H2,1-2H3,(H,27,34)(H,28,35). The van der Waals surface area contributed by atoms with Gasteiger partial charge in [-0.3, -0.25) is 9.69 Å². The van der Waals surface area contributed by atoms with E-state index in [0.29, 0.717) is 36.8 Å². The molecule has 2 aromatic carbocycles. The fraction of sp³-hybridized carbons (Fsp3) is 0.385. The number of nitrogens with zero attached hydrogens (tertiary/aromatic N) is 5. The molecule has 1 fully saturated rings. The Bertz CT molecular complexity index is 1130. The Kier molecular flexibility index (Phi) is 8.64. The van der Waals surface area contributed by atoms with Crippen molar-refractivity contribution in [3.8, 4) is 11.5 Å². The zero-order valence-electron chi connectivity index (χ0n) is 20.8. The molecule has 2 N–H and O–H groups in total. The van der Waals surface area contributed by atoms with Crippen LogP contribution in [0.1, 0.15) is 16.2 Å². The lowest BCUT2D eigenvalue weighted by Gasteiger charge is -2.32. The molecule has 0 saturated carbocycles. The van der Waals surface area contributed by atoms with Gasteiger partial charge < -0.3 is 25.0 Å². The summed E-state index contributed by atoms with van der Waals surface area (Å²) in [6.07, 6.45) is 0.454. The number of aromatic nitrogens is 2. The van der Waals surface area contributed by atoms with Crippen LogP contribution >= 0.6 is 0 Å². The average molecular weight is 492 g/mol. The minimum atomic E-state index is -0.206. The lowest BCUT2D eigenvalue weighted by Crippen LogP contribution is -2.46. The second-order valence-corrected chi connectivity index (χ2v) is 8.96. The number of urea groups is 1. The number of hydrogen-bond donors (Lipinski definition) is 2. The zero-order chi connectivity index (χ0) is 25.3. The molecule has 0 atom stereocenters. The molecule has 10 nitrogen and oxygen atoms in total. The van der Waals surface area contributed by atoms with Gasteiger partial charge in [0, 0.05) is 76.1 Å². The lowest BCUT2D eigenvalue weighted by molar-refractivity contribution is 0.0941. The van der Waals surface area contributed by atoms with E-state index in [2.05, 4.69) is 37.6 Å². The second kappa shape index (κ2) is 12.3. The Morgan fingerprint density at radius 3 is 2.47 bits per heavy atom. The van der Waals surface area contributed by atoms with Gasteiger partial charge in [0.2, 0.25) is 0 Å². The Balaban J connectivity index is 1.22. The van der Waals surface area contributed by atoms with E-state index in [1.165, 1.54) is 0 Å². The molecular formula is C26H33N7O3. The van der Waals surface area contributed by atoms with Gasteiger partial charge in [-0.1, -0.05) is 23.4 Å². The van der Waals surface area contributed by atoms with Gasteiger partial charge in [-0.15, -0.1) is 0 Å². The van der Waals surface area contributed by atoms with Crippen LogP contribution in [-0.2, 0) is 6.42 Å². The number of likely N-dealkylation sites (N-methyl/N-ethyl adjacent to an activating group) is 2. The molecule has 0 bridgehead atoms. The van der Waals surface area contributed by atoms with Crippen molar-refractivity contribution in [3.05, 3.63) is 66.0 Å². The summed E-state index contributed by atoms with van der Waals surface area (Å²) in [7, 11) is 3.85. The van der Waals surface area contributed by atoms with Gasteiger partial charge in [0.05, 0.1) is 0 Å². The second-order valence-electron chi connectivity index (χ2n) is 8.96. The predicted molar refractivity (Wildman–Crippen MR) is 138 cm³/mol. The molecule has 190 valence electrons. The maximum absolute atomic E-state index is 12.5. The minimum Gasteiger partial charge on any atom is -0.351 e. The molecule has 0 radical (unpaired) electrons. The first kappa shape index (κ1) is 25.3. The molecule has 1 aliphatic heterocycles. The van der Waals surface area contributed by atoms with Crippen LogP contribution in [0.25, 0.3) is 11.5 Å². The van der Waals surface area contributed by atoms with Gasteiger partial charge in [-0.05, 0) is 43.4 Å². The number of piperazine rings is 1. The normalized spacial score (nSPS) is 14.4. The molecule has 4 rings (SSSR count). The maximum atomic E-state index is 12.5. The molecule has 0 unspecified atom stereocenters. The molecule has 3 aromatic rings. The number of nitrogens with one attached hydrogen (secondary N) is 2. The van der Waals surface area contributed by atoms with E-state index in [4.69, 9.17) is 4.52 Å². The molecule has 2 heterocycles. The van der Waals surface area contributed by atoms with Crippen molar-refractivity contribution in [1.29, 1.82) is 0 Å². The van der Waals surface area contributed by atoms with E-state index >= 15 is 0 Å². The smallest absolute Gasteiger partial charge is 0.321 e. The lowest BCUT2D eigenvalue weighted by atomic mass is 10.1. The highest BCUT2D eigenvalue weighted by molar-refractivity contribution is 5.94. The Morgan fingerprint density at radius 1 is 1.03 bits per heavy atom. The van der Waals surface area contributed by atoms with Crippen molar-refractivity contribution >= 4 is 17.6 Å². The number of para-hydroxylation sites is 1. The predicted octanol–water partition coefficient (Wildman–Crippen LogP) is 2.42. The molecule has 1 aliphatic rings. The van der Waals surface area contributed by atoms with E-state index in [0.717, 1.165) is 44.0 Å². The molecule has 1 saturated heterocycles. The van der Waals surface area contributed by atoms with Crippen molar-refractivity contribution in [3.63, 3.8) is 0 Å². The first-order valence-electron chi connectivity index (χ1n) is 12.2. The number of carbonyl (C=O) groups excluding carboxylic acids is 2. The van der Waals surface area contributed by atoms with Crippen LogP contribution in [0.3, 0.4) is 0 Å². The largest absolute Gasteiger partial charge is 0.351 e. The quantitative estimate of drug-likeness (QED) is 0.473. The number of anilines is 1. The summed E-state index contributed by atoms with van der Waals surface area (Å²) >= 11 is 0. The van der Waals surface area contributed by atoms with E-state index < -0.39 is 0 Å². The number of amides is 3. The summed E-state index contributed by atoms with van der Waals surface area (Å²) in [5.74, 6) is 0.789. The number of carbonyl (C=O) groups is 2.